The van der Waals surface area contributed by atoms with Crippen molar-refractivity contribution in [3.05, 3.63) is 70.8 Å². The van der Waals surface area contributed by atoms with Gasteiger partial charge in [0.2, 0.25) is 0 Å². The molecule has 176 valence electrons. The van der Waals surface area contributed by atoms with E-state index >= 15 is 0 Å². The zero-order valence-corrected chi connectivity index (χ0v) is 20.5. The van der Waals surface area contributed by atoms with E-state index in [0.717, 1.165) is 56.1 Å². The molecule has 2 N–H and O–H groups in total. The third kappa shape index (κ3) is 8.59. The molecule has 1 heterocycles. The number of hydrogen-bond acceptors (Lipinski definition) is 3. The summed E-state index contributed by atoms with van der Waals surface area (Å²) >= 11 is 0. The van der Waals surface area contributed by atoms with E-state index in [2.05, 4.69) is 32.7 Å². The number of alkyl halides is 3. The zero-order chi connectivity index (χ0) is 22.1. The fraction of sp³-hybridized carbons (Fsp3) is 0.435. The fourth-order valence-electron chi connectivity index (χ4n) is 3.35. The quantitative estimate of drug-likeness (QED) is 0.299. The van der Waals surface area contributed by atoms with Gasteiger partial charge in [-0.2, -0.15) is 13.2 Å². The fourth-order valence-corrected chi connectivity index (χ4v) is 3.35. The summed E-state index contributed by atoms with van der Waals surface area (Å²) in [6, 6.07) is 13.5. The lowest BCUT2D eigenvalue weighted by Crippen LogP contribution is -2.36. The maximum atomic E-state index is 12.7. The number of guanidine groups is 1. The molecule has 9 heteroatoms. The lowest BCUT2D eigenvalue weighted by atomic mass is 10.1. The summed E-state index contributed by atoms with van der Waals surface area (Å²) in [5.74, 6) is 0.626. The van der Waals surface area contributed by atoms with Gasteiger partial charge in [-0.25, -0.2) is 4.99 Å². The van der Waals surface area contributed by atoms with Gasteiger partial charge in [-0.15, -0.1) is 24.0 Å². The molecule has 0 aliphatic carbocycles. The number of nitrogens with zero attached hydrogens (tertiary/aromatic N) is 2. The van der Waals surface area contributed by atoms with Crippen molar-refractivity contribution in [3.63, 3.8) is 0 Å². The van der Waals surface area contributed by atoms with Crippen LogP contribution in [0.15, 0.2) is 53.5 Å². The number of benzene rings is 2. The Bertz CT molecular complexity index is 853. The van der Waals surface area contributed by atoms with Crippen LogP contribution in [0.5, 0.6) is 0 Å². The molecular formula is C23H30F3IN4O. The first kappa shape index (κ1) is 26.4. The van der Waals surface area contributed by atoms with Gasteiger partial charge in [0.25, 0.3) is 0 Å². The number of rotatable bonds is 7. The van der Waals surface area contributed by atoms with Gasteiger partial charge in [0.15, 0.2) is 5.96 Å². The predicted octanol–water partition coefficient (Wildman–Crippen LogP) is 4.41. The molecule has 0 unspecified atom stereocenters. The van der Waals surface area contributed by atoms with E-state index < -0.39 is 11.7 Å². The van der Waals surface area contributed by atoms with Crippen LogP contribution in [0.3, 0.4) is 0 Å². The van der Waals surface area contributed by atoms with Gasteiger partial charge < -0.3 is 15.4 Å². The van der Waals surface area contributed by atoms with E-state index in [-0.39, 0.29) is 24.0 Å². The average molecular weight is 562 g/mol. The van der Waals surface area contributed by atoms with Gasteiger partial charge in [-0.05, 0) is 35.7 Å². The Morgan fingerprint density at radius 1 is 1.00 bits per heavy atom. The molecule has 0 amide bonds. The highest BCUT2D eigenvalue weighted by Gasteiger charge is 2.29. The van der Waals surface area contributed by atoms with Gasteiger partial charge in [0.1, 0.15) is 0 Å². The molecule has 2 aromatic carbocycles. The summed E-state index contributed by atoms with van der Waals surface area (Å²) in [5, 5.41) is 6.36. The number of hydrogen-bond donors (Lipinski definition) is 2. The largest absolute Gasteiger partial charge is 0.416 e. The molecule has 1 saturated heterocycles. The van der Waals surface area contributed by atoms with Gasteiger partial charge in [0, 0.05) is 32.7 Å². The van der Waals surface area contributed by atoms with Crippen LogP contribution in [-0.2, 0) is 30.5 Å². The Morgan fingerprint density at radius 2 is 1.69 bits per heavy atom. The van der Waals surface area contributed by atoms with Crippen LogP contribution in [0.1, 0.15) is 29.2 Å². The molecular weight excluding hydrogens is 532 g/mol. The van der Waals surface area contributed by atoms with Gasteiger partial charge in [0.05, 0.1) is 25.3 Å². The summed E-state index contributed by atoms with van der Waals surface area (Å²) in [4.78, 5) is 7.00. The first-order valence-corrected chi connectivity index (χ1v) is 10.5. The summed E-state index contributed by atoms with van der Waals surface area (Å²) in [7, 11) is 0. The SMILES string of the molecule is CCNC(=NCc1cccc(CN2CCOCC2)c1)NCc1ccc(C(F)(F)F)cc1.I. The zero-order valence-electron chi connectivity index (χ0n) is 18.1. The Labute approximate surface area is 204 Å². The molecule has 3 rings (SSSR count). The minimum Gasteiger partial charge on any atom is -0.379 e. The molecule has 0 bridgehead atoms. The number of nitrogens with one attached hydrogen (secondary N) is 2. The van der Waals surface area contributed by atoms with Crippen LogP contribution in [0.25, 0.3) is 0 Å². The highest BCUT2D eigenvalue weighted by atomic mass is 127. The minimum absolute atomic E-state index is 0. The first-order valence-electron chi connectivity index (χ1n) is 10.5. The van der Waals surface area contributed by atoms with Crippen LogP contribution >= 0.6 is 24.0 Å². The summed E-state index contributed by atoms with van der Waals surface area (Å²) in [6.07, 6.45) is -4.32. The molecule has 2 aromatic rings. The number of aliphatic imine (C=N–C) groups is 1. The highest BCUT2D eigenvalue weighted by molar-refractivity contribution is 14.0. The van der Waals surface area contributed by atoms with Gasteiger partial charge in [-0.3, -0.25) is 4.90 Å². The van der Waals surface area contributed by atoms with Crippen molar-refractivity contribution in [2.24, 2.45) is 4.99 Å². The van der Waals surface area contributed by atoms with E-state index in [1.807, 2.05) is 19.1 Å². The number of ether oxygens (including phenoxy) is 1. The monoisotopic (exact) mass is 562 g/mol. The van der Waals surface area contributed by atoms with Gasteiger partial charge >= 0.3 is 6.18 Å². The maximum Gasteiger partial charge on any atom is 0.416 e. The summed E-state index contributed by atoms with van der Waals surface area (Å²) in [6.45, 7) is 7.91. The second-order valence-electron chi connectivity index (χ2n) is 7.45. The van der Waals surface area contributed by atoms with E-state index in [4.69, 9.17) is 4.74 Å². The molecule has 0 radical (unpaired) electrons. The average Bonchev–Trinajstić information content (AvgIpc) is 2.76. The standard InChI is InChI=1S/C23H29F3N4O.HI/c1-2-27-22(28-15-18-6-8-21(9-7-18)23(24,25)26)29-16-19-4-3-5-20(14-19)17-30-10-12-31-13-11-30;/h3-9,14H,2,10-13,15-17H2,1H3,(H2,27,28,29);1H. The molecule has 1 aliphatic rings. The molecule has 32 heavy (non-hydrogen) atoms. The van der Waals surface area contributed by atoms with Crippen LogP contribution in [0, 0.1) is 0 Å². The minimum atomic E-state index is -4.32. The summed E-state index contributed by atoms with van der Waals surface area (Å²) in [5.41, 5.74) is 2.47. The second kappa shape index (κ2) is 13.0. The molecule has 5 nitrogen and oxygen atoms in total. The molecule has 1 aliphatic heterocycles. The molecule has 0 aromatic heterocycles. The summed E-state index contributed by atoms with van der Waals surface area (Å²) < 4.78 is 43.5. The lowest BCUT2D eigenvalue weighted by molar-refractivity contribution is -0.137. The Morgan fingerprint density at radius 3 is 2.34 bits per heavy atom. The number of morpholine rings is 1. The molecule has 1 fully saturated rings. The topological polar surface area (TPSA) is 48.9 Å². The van der Waals surface area contributed by atoms with Crippen molar-refractivity contribution >= 4 is 29.9 Å². The Balaban J connectivity index is 0.00000363. The van der Waals surface area contributed by atoms with Crippen LogP contribution in [-0.4, -0.2) is 43.7 Å². The van der Waals surface area contributed by atoms with E-state index in [9.17, 15) is 13.2 Å². The van der Waals surface area contributed by atoms with E-state index in [0.29, 0.717) is 25.6 Å². The maximum absolute atomic E-state index is 12.7. The smallest absolute Gasteiger partial charge is 0.379 e. The third-order valence-electron chi connectivity index (χ3n) is 5.01. The first-order chi connectivity index (χ1) is 14.9. The highest BCUT2D eigenvalue weighted by Crippen LogP contribution is 2.29. The predicted molar refractivity (Wildman–Crippen MR) is 131 cm³/mol. The van der Waals surface area contributed by atoms with Crippen molar-refractivity contribution in [3.8, 4) is 0 Å². The second-order valence-corrected chi connectivity index (χ2v) is 7.45. The molecule has 0 saturated carbocycles. The van der Waals surface area contributed by atoms with Crippen molar-refractivity contribution in [1.29, 1.82) is 0 Å². The van der Waals surface area contributed by atoms with Crippen molar-refractivity contribution < 1.29 is 17.9 Å². The normalized spacial score (nSPS) is 15.2. The van der Waals surface area contributed by atoms with Crippen molar-refractivity contribution in [2.45, 2.75) is 32.7 Å². The molecule has 0 spiro atoms. The number of halogens is 4. The van der Waals surface area contributed by atoms with Crippen LogP contribution in [0.2, 0.25) is 0 Å². The van der Waals surface area contributed by atoms with E-state index in [1.165, 1.54) is 17.7 Å². The Hall–Kier alpha value is -1.85. The Kier molecular flexibility index (Phi) is 10.7. The van der Waals surface area contributed by atoms with Crippen LogP contribution in [0.4, 0.5) is 13.2 Å². The lowest BCUT2D eigenvalue weighted by Gasteiger charge is -2.26. The molecule has 0 atom stereocenters. The van der Waals surface area contributed by atoms with Crippen molar-refractivity contribution in [2.75, 3.05) is 32.8 Å². The third-order valence-corrected chi connectivity index (χ3v) is 5.01. The van der Waals surface area contributed by atoms with Gasteiger partial charge in [-0.1, -0.05) is 36.4 Å². The van der Waals surface area contributed by atoms with Crippen molar-refractivity contribution in [1.82, 2.24) is 15.5 Å². The van der Waals surface area contributed by atoms with Crippen LogP contribution < -0.4 is 10.6 Å². The van der Waals surface area contributed by atoms with E-state index in [1.54, 1.807) is 0 Å².